The van der Waals surface area contributed by atoms with E-state index >= 15 is 0 Å². The van der Waals surface area contributed by atoms with Crippen molar-refractivity contribution in [1.82, 2.24) is 4.90 Å². The van der Waals surface area contributed by atoms with Gasteiger partial charge in [-0.25, -0.2) is 0 Å². The first-order valence-electron chi connectivity index (χ1n) is 7.76. The maximum atomic E-state index is 12.8. The van der Waals surface area contributed by atoms with Crippen molar-refractivity contribution >= 4 is 5.91 Å². The maximum Gasteiger partial charge on any atom is 0.228 e. The fourth-order valence-electron chi connectivity index (χ4n) is 4.80. The maximum absolute atomic E-state index is 12.8. The Morgan fingerprint density at radius 2 is 1.95 bits per heavy atom. The van der Waals surface area contributed by atoms with Crippen molar-refractivity contribution in [1.29, 1.82) is 0 Å². The molecule has 5 rings (SSSR count). The molecule has 104 valence electrons. The summed E-state index contributed by atoms with van der Waals surface area (Å²) in [7, 11) is 0. The summed E-state index contributed by atoms with van der Waals surface area (Å²) in [6, 6.07) is 10.5. The molecule has 3 heteroatoms. The molecular weight excluding hydrogens is 250 g/mol. The van der Waals surface area contributed by atoms with Crippen LogP contribution in [0.4, 0.5) is 0 Å². The Balaban J connectivity index is 1.47. The fraction of sp³-hybridized carbons (Fsp3) is 0.588. The van der Waals surface area contributed by atoms with Crippen LogP contribution in [0.1, 0.15) is 37.5 Å². The van der Waals surface area contributed by atoms with Crippen molar-refractivity contribution in [2.75, 3.05) is 6.61 Å². The molecule has 2 saturated carbocycles. The van der Waals surface area contributed by atoms with Gasteiger partial charge in [0.25, 0.3) is 0 Å². The number of carbonyl (C=O) groups is 1. The molecular formula is C17H19NO2. The first kappa shape index (κ1) is 11.3. The Labute approximate surface area is 118 Å². The van der Waals surface area contributed by atoms with Gasteiger partial charge in [-0.2, -0.15) is 0 Å². The van der Waals surface area contributed by atoms with E-state index in [4.69, 9.17) is 4.74 Å². The Hall–Kier alpha value is -1.35. The summed E-state index contributed by atoms with van der Waals surface area (Å²) in [5.74, 6) is 1.20. The molecule has 0 aromatic heterocycles. The van der Waals surface area contributed by atoms with Gasteiger partial charge in [-0.05, 0) is 37.0 Å². The molecule has 1 aromatic rings. The number of hydrogen-bond donors (Lipinski definition) is 0. The normalized spacial score (nSPS) is 40.2. The van der Waals surface area contributed by atoms with Gasteiger partial charge in [0, 0.05) is 11.5 Å². The van der Waals surface area contributed by atoms with Gasteiger partial charge in [0.1, 0.15) is 0 Å². The molecule has 0 bridgehead atoms. The van der Waals surface area contributed by atoms with E-state index in [9.17, 15) is 4.79 Å². The third kappa shape index (κ3) is 1.37. The standard InChI is InChI=1S/C17H19NO2/c19-15-13-9-17(6-7-17)8-12(13)14-10-20-16(18(14)15)11-4-2-1-3-5-11/h1-5,12-14,16H,6-10H2/t12-,13+,14+,16+/m0/s1. The zero-order valence-corrected chi connectivity index (χ0v) is 11.5. The van der Waals surface area contributed by atoms with Gasteiger partial charge < -0.3 is 9.64 Å². The summed E-state index contributed by atoms with van der Waals surface area (Å²) >= 11 is 0. The van der Waals surface area contributed by atoms with Crippen LogP contribution in [0.25, 0.3) is 0 Å². The number of ether oxygens (including phenoxy) is 1. The van der Waals surface area contributed by atoms with Crippen molar-refractivity contribution < 1.29 is 9.53 Å². The minimum Gasteiger partial charge on any atom is -0.352 e. The van der Waals surface area contributed by atoms with E-state index in [1.807, 2.05) is 18.2 Å². The summed E-state index contributed by atoms with van der Waals surface area (Å²) in [5, 5.41) is 0. The zero-order valence-electron chi connectivity index (χ0n) is 11.5. The second-order valence-electron chi connectivity index (χ2n) is 7.09. The van der Waals surface area contributed by atoms with Crippen molar-refractivity contribution in [3.63, 3.8) is 0 Å². The van der Waals surface area contributed by atoms with Crippen LogP contribution in [0.5, 0.6) is 0 Å². The lowest BCUT2D eigenvalue weighted by molar-refractivity contribution is -0.137. The van der Waals surface area contributed by atoms with Gasteiger partial charge in [0.15, 0.2) is 6.23 Å². The molecule has 20 heavy (non-hydrogen) atoms. The first-order chi connectivity index (χ1) is 9.77. The van der Waals surface area contributed by atoms with Gasteiger partial charge in [-0.1, -0.05) is 30.3 Å². The van der Waals surface area contributed by atoms with Crippen LogP contribution in [0.2, 0.25) is 0 Å². The summed E-state index contributed by atoms with van der Waals surface area (Å²) in [6.45, 7) is 0.725. The lowest BCUT2D eigenvalue weighted by Gasteiger charge is -2.25. The molecule has 1 spiro atoms. The average Bonchev–Trinajstić information content (AvgIpc) is 2.83. The highest BCUT2D eigenvalue weighted by molar-refractivity contribution is 5.83. The van der Waals surface area contributed by atoms with Gasteiger partial charge in [-0.15, -0.1) is 0 Å². The molecule has 1 amide bonds. The van der Waals surface area contributed by atoms with E-state index in [1.165, 1.54) is 19.3 Å². The Bertz CT molecular complexity index is 566. The highest BCUT2D eigenvalue weighted by Gasteiger charge is 2.63. The van der Waals surface area contributed by atoms with Crippen LogP contribution < -0.4 is 0 Å². The number of hydrogen-bond acceptors (Lipinski definition) is 2. The van der Waals surface area contributed by atoms with Crippen LogP contribution in [0.15, 0.2) is 30.3 Å². The molecule has 4 atom stereocenters. The van der Waals surface area contributed by atoms with E-state index in [0.29, 0.717) is 23.3 Å². The summed E-state index contributed by atoms with van der Waals surface area (Å²) < 4.78 is 5.98. The van der Waals surface area contributed by atoms with Crippen LogP contribution in [-0.4, -0.2) is 23.5 Å². The molecule has 0 N–H and O–H groups in total. The third-order valence-electron chi connectivity index (χ3n) is 5.98. The molecule has 4 fully saturated rings. The number of benzene rings is 1. The topological polar surface area (TPSA) is 29.5 Å². The smallest absolute Gasteiger partial charge is 0.228 e. The van der Waals surface area contributed by atoms with E-state index in [0.717, 1.165) is 18.6 Å². The largest absolute Gasteiger partial charge is 0.352 e. The first-order valence-corrected chi connectivity index (χ1v) is 7.76. The van der Waals surface area contributed by atoms with Crippen molar-refractivity contribution in [2.24, 2.45) is 17.3 Å². The molecule has 0 unspecified atom stereocenters. The predicted octanol–water partition coefficient (Wildman–Crippen LogP) is 2.73. The minimum atomic E-state index is -0.144. The van der Waals surface area contributed by atoms with E-state index < -0.39 is 0 Å². The molecule has 2 aliphatic carbocycles. The lowest BCUT2D eigenvalue weighted by atomic mass is 9.94. The zero-order chi connectivity index (χ0) is 13.3. The summed E-state index contributed by atoms with van der Waals surface area (Å²) in [4.78, 5) is 14.9. The van der Waals surface area contributed by atoms with Crippen LogP contribution in [0, 0.1) is 17.3 Å². The molecule has 3 nitrogen and oxygen atoms in total. The summed E-state index contributed by atoms with van der Waals surface area (Å²) in [5.41, 5.74) is 1.67. The minimum absolute atomic E-state index is 0.144. The van der Waals surface area contributed by atoms with E-state index in [2.05, 4.69) is 17.0 Å². The molecule has 2 saturated heterocycles. The van der Waals surface area contributed by atoms with Gasteiger partial charge in [-0.3, -0.25) is 4.79 Å². The Morgan fingerprint density at radius 3 is 2.70 bits per heavy atom. The van der Waals surface area contributed by atoms with Gasteiger partial charge in [0.05, 0.1) is 12.6 Å². The highest BCUT2D eigenvalue weighted by atomic mass is 16.5. The third-order valence-corrected chi connectivity index (χ3v) is 5.98. The Kier molecular flexibility index (Phi) is 2.06. The van der Waals surface area contributed by atoms with E-state index in [1.54, 1.807) is 0 Å². The lowest BCUT2D eigenvalue weighted by Crippen LogP contribution is -2.34. The van der Waals surface area contributed by atoms with Gasteiger partial charge >= 0.3 is 0 Å². The molecule has 2 heterocycles. The Morgan fingerprint density at radius 1 is 1.15 bits per heavy atom. The second kappa shape index (κ2) is 3.64. The number of amides is 1. The van der Waals surface area contributed by atoms with Crippen LogP contribution in [0.3, 0.4) is 0 Å². The average molecular weight is 269 g/mol. The number of fused-ring (bicyclic) bond motifs is 3. The van der Waals surface area contributed by atoms with Crippen molar-refractivity contribution in [2.45, 2.75) is 38.0 Å². The second-order valence-corrected chi connectivity index (χ2v) is 7.09. The van der Waals surface area contributed by atoms with Crippen LogP contribution >= 0.6 is 0 Å². The predicted molar refractivity (Wildman–Crippen MR) is 73.7 cm³/mol. The monoisotopic (exact) mass is 269 g/mol. The number of rotatable bonds is 1. The molecule has 4 aliphatic rings. The van der Waals surface area contributed by atoms with Crippen molar-refractivity contribution in [3.05, 3.63) is 35.9 Å². The summed E-state index contributed by atoms with van der Waals surface area (Å²) in [6.07, 6.45) is 4.96. The molecule has 2 aliphatic heterocycles. The number of carbonyl (C=O) groups excluding carboxylic acids is 1. The quantitative estimate of drug-likeness (QED) is 0.784. The number of nitrogens with zero attached hydrogens (tertiary/aromatic N) is 1. The fourth-order valence-corrected chi connectivity index (χ4v) is 4.80. The van der Waals surface area contributed by atoms with Crippen LogP contribution in [-0.2, 0) is 9.53 Å². The van der Waals surface area contributed by atoms with Crippen molar-refractivity contribution in [3.8, 4) is 0 Å². The van der Waals surface area contributed by atoms with E-state index in [-0.39, 0.29) is 12.1 Å². The molecule has 0 radical (unpaired) electrons. The molecule has 1 aromatic carbocycles. The SMILES string of the molecule is O=C1[C@@H]2CC3(CC3)C[C@@H]2[C@H]2CO[C@H](c3ccccc3)N12. The highest BCUT2D eigenvalue weighted by Crippen LogP contribution is 2.65. The van der Waals surface area contributed by atoms with Gasteiger partial charge in [0.2, 0.25) is 5.91 Å².